The third kappa shape index (κ3) is 5.11. The molecule has 3 fully saturated rings. The van der Waals surface area contributed by atoms with Crippen molar-refractivity contribution >= 4 is 11.9 Å². The normalized spacial score (nSPS) is 26.1. The van der Waals surface area contributed by atoms with E-state index in [9.17, 15) is 9.59 Å². The number of aryl methyl sites for hydroxylation is 1. The molecule has 1 aromatic heterocycles. The first kappa shape index (κ1) is 25.7. The molecule has 0 unspecified atom stereocenters. The molecule has 0 bridgehead atoms. The highest BCUT2D eigenvalue weighted by Gasteiger charge is 2.55. The van der Waals surface area contributed by atoms with E-state index in [2.05, 4.69) is 64.5 Å². The Kier molecular flexibility index (Phi) is 7.26. The topological polar surface area (TPSA) is 68.8 Å². The second-order valence-electron chi connectivity index (χ2n) is 11.6. The van der Waals surface area contributed by atoms with Crippen molar-refractivity contribution in [3.05, 3.63) is 65.5 Å². The molecule has 37 heavy (non-hydrogen) atoms. The Morgan fingerprint density at radius 1 is 1.05 bits per heavy atom. The summed E-state index contributed by atoms with van der Waals surface area (Å²) in [5.74, 6) is 0.469. The molecule has 2 heterocycles. The monoisotopic (exact) mass is 503 g/mol. The lowest BCUT2D eigenvalue weighted by Crippen LogP contribution is -2.56. The van der Waals surface area contributed by atoms with Gasteiger partial charge >= 0.3 is 6.03 Å². The summed E-state index contributed by atoms with van der Waals surface area (Å²) in [6.07, 6.45) is 7.56. The summed E-state index contributed by atoms with van der Waals surface area (Å²) in [6, 6.07) is 16.6. The van der Waals surface area contributed by atoms with Crippen LogP contribution in [0.2, 0.25) is 0 Å². The van der Waals surface area contributed by atoms with Gasteiger partial charge in [0.25, 0.3) is 0 Å². The number of aromatic nitrogens is 1. The molecule has 0 atom stereocenters. The maximum atomic E-state index is 13.7. The fourth-order valence-corrected chi connectivity index (χ4v) is 6.63. The number of carbonyl (C=O) groups is 2. The number of rotatable bonds is 8. The van der Waals surface area contributed by atoms with Crippen molar-refractivity contribution in [2.75, 3.05) is 33.7 Å². The Hall–Kier alpha value is -2.93. The Bertz CT molecular complexity index is 1110. The predicted octanol–water partition coefficient (Wildman–Crippen LogP) is 4.31. The van der Waals surface area contributed by atoms with Crippen LogP contribution in [0.25, 0.3) is 0 Å². The largest absolute Gasteiger partial charge is 0.349 e. The van der Waals surface area contributed by atoms with E-state index in [-0.39, 0.29) is 29.6 Å². The molecule has 2 aromatic rings. The first-order chi connectivity index (χ1) is 17.8. The fraction of sp³-hybridized carbons (Fsp3) is 0.567. The molecule has 2 saturated carbocycles. The number of hydrogen-bond acceptors (Lipinski definition) is 4. The van der Waals surface area contributed by atoms with Crippen LogP contribution >= 0.6 is 0 Å². The van der Waals surface area contributed by atoms with Crippen molar-refractivity contribution in [2.45, 2.75) is 69.5 Å². The van der Waals surface area contributed by atoms with Gasteiger partial charge in [-0.25, -0.2) is 4.79 Å². The van der Waals surface area contributed by atoms with Crippen molar-refractivity contribution in [3.8, 4) is 0 Å². The van der Waals surface area contributed by atoms with Crippen molar-refractivity contribution in [1.82, 2.24) is 25.0 Å². The molecule has 7 nitrogen and oxygen atoms in total. The summed E-state index contributed by atoms with van der Waals surface area (Å²) in [4.78, 5) is 37.4. The molecule has 0 radical (unpaired) electrons. The van der Waals surface area contributed by atoms with Gasteiger partial charge in [0.1, 0.15) is 6.54 Å². The Labute approximate surface area is 221 Å². The number of benzene rings is 1. The molecule has 5 rings (SSSR count). The van der Waals surface area contributed by atoms with Crippen LogP contribution in [0.1, 0.15) is 61.9 Å². The maximum Gasteiger partial charge on any atom is 0.321 e. The third-order valence-electron chi connectivity index (χ3n) is 9.15. The zero-order chi connectivity index (χ0) is 26.0. The summed E-state index contributed by atoms with van der Waals surface area (Å²) in [7, 11) is 4.35. The highest BCUT2D eigenvalue weighted by Crippen LogP contribution is 2.49. The average Bonchev–Trinajstić information content (AvgIpc) is 3.11. The lowest BCUT2D eigenvalue weighted by Gasteiger charge is -2.51. The van der Waals surface area contributed by atoms with Gasteiger partial charge in [-0.1, -0.05) is 42.8 Å². The Balaban J connectivity index is 1.30. The molecular formula is C30H41N5O2. The lowest BCUT2D eigenvalue weighted by atomic mass is 9.68. The van der Waals surface area contributed by atoms with E-state index < -0.39 is 0 Å². The first-order valence-electron chi connectivity index (χ1n) is 13.8. The van der Waals surface area contributed by atoms with Gasteiger partial charge in [-0.2, -0.15) is 0 Å². The second-order valence-corrected chi connectivity index (χ2v) is 11.6. The number of hydrogen-bond donors (Lipinski definition) is 1. The minimum Gasteiger partial charge on any atom is -0.349 e. The molecule has 198 valence electrons. The van der Waals surface area contributed by atoms with Crippen LogP contribution in [0, 0.1) is 12.8 Å². The van der Waals surface area contributed by atoms with Crippen molar-refractivity contribution in [2.24, 2.45) is 5.92 Å². The number of carbonyl (C=O) groups excluding carboxylic acids is 2. The molecule has 7 heteroatoms. The van der Waals surface area contributed by atoms with E-state index >= 15 is 0 Å². The van der Waals surface area contributed by atoms with Crippen LogP contribution in [0.15, 0.2) is 48.5 Å². The van der Waals surface area contributed by atoms with Crippen molar-refractivity contribution in [3.63, 3.8) is 0 Å². The summed E-state index contributed by atoms with van der Waals surface area (Å²) >= 11 is 0. The van der Waals surface area contributed by atoms with Gasteiger partial charge in [0.2, 0.25) is 5.91 Å². The molecular weight excluding hydrogens is 462 g/mol. The highest BCUT2D eigenvalue weighted by molar-refractivity contribution is 5.86. The summed E-state index contributed by atoms with van der Waals surface area (Å²) in [5.41, 5.74) is 2.89. The average molecular weight is 504 g/mol. The molecule has 3 amide bonds. The first-order valence-corrected chi connectivity index (χ1v) is 13.8. The van der Waals surface area contributed by atoms with E-state index in [1.54, 1.807) is 4.90 Å². The molecule has 3 aliphatic rings. The standard InChI is InChI=1S/C30H41N5O2/c1-23-9-7-14-26(32-23)19-31-27(36)21-34-22-29(35(28(34)37)20-24-10-8-11-24)15-17-30(18-16-29,33(2)3)25-12-5-4-6-13-25/h4-7,9,12-14,24H,8,10-11,15-22H2,1-3H3,(H,31,36). The Morgan fingerprint density at radius 2 is 1.78 bits per heavy atom. The lowest BCUT2D eigenvalue weighted by molar-refractivity contribution is -0.121. The Morgan fingerprint density at radius 3 is 2.41 bits per heavy atom. The van der Waals surface area contributed by atoms with Crippen LogP contribution in [-0.4, -0.2) is 70.9 Å². The quantitative estimate of drug-likeness (QED) is 0.583. The van der Waals surface area contributed by atoms with Crippen LogP contribution in [0.5, 0.6) is 0 Å². The zero-order valence-corrected chi connectivity index (χ0v) is 22.6. The van der Waals surface area contributed by atoms with Gasteiger partial charge in [-0.05, 0) is 83.2 Å². The zero-order valence-electron chi connectivity index (χ0n) is 22.6. The van der Waals surface area contributed by atoms with E-state index in [0.29, 0.717) is 19.0 Å². The highest BCUT2D eigenvalue weighted by atomic mass is 16.2. The van der Waals surface area contributed by atoms with E-state index in [4.69, 9.17) is 0 Å². The molecule has 2 aliphatic carbocycles. The van der Waals surface area contributed by atoms with E-state index in [1.165, 1.54) is 24.8 Å². The van der Waals surface area contributed by atoms with Gasteiger partial charge < -0.3 is 15.1 Å². The summed E-state index contributed by atoms with van der Waals surface area (Å²) in [6.45, 7) is 3.88. The predicted molar refractivity (Wildman–Crippen MR) is 145 cm³/mol. The number of pyridine rings is 1. The fourth-order valence-electron chi connectivity index (χ4n) is 6.63. The van der Waals surface area contributed by atoms with Crippen LogP contribution in [-0.2, 0) is 16.9 Å². The van der Waals surface area contributed by atoms with Gasteiger partial charge in [0, 0.05) is 24.3 Å². The van der Waals surface area contributed by atoms with Gasteiger partial charge in [0.15, 0.2) is 0 Å². The van der Waals surface area contributed by atoms with Gasteiger partial charge in [0.05, 0.1) is 17.8 Å². The molecule has 1 aliphatic heterocycles. The van der Waals surface area contributed by atoms with Gasteiger partial charge in [-0.3, -0.25) is 14.7 Å². The van der Waals surface area contributed by atoms with Crippen LogP contribution < -0.4 is 5.32 Å². The smallest absolute Gasteiger partial charge is 0.321 e. The number of nitrogens with zero attached hydrogens (tertiary/aromatic N) is 4. The van der Waals surface area contributed by atoms with Crippen LogP contribution in [0.4, 0.5) is 4.79 Å². The second kappa shape index (κ2) is 10.4. The van der Waals surface area contributed by atoms with Crippen LogP contribution in [0.3, 0.4) is 0 Å². The van der Waals surface area contributed by atoms with Crippen molar-refractivity contribution < 1.29 is 9.59 Å². The minimum absolute atomic E-state index is 0.0245. The van der Waals surface area contributed by atoms with Crippen molar-refractivity contribution in [1.29, 1.82) is 0 Å². The molecule has 1 N–H and O–H groups in total. The van der Waals surface area contributed by atoms with Gasteiger partial charge in [-0.15, -0.1) is 0 Å². The number of urea groups is 1. The molecule has 1 saturated heterocycles. The minimum atomic E-state index is -0.195. The van der Waals surface area contributed by atoms with E-state index in [1.807, 2.05) is 25.1 Å². The SMILES string of the molecule is Cc1cccc(CNC(=O)CN2CC3(CCC(c4ccccc4)(N(C)C)CC3)N(CC3CCC3)C2=O)n1. The number of amides is 3. The summed E-state index contributed by atoms with van der Waals surface area (Å²) in [5, 5.41) is 2.97. The van der Waals surface area contributed by atoms with E-state index in [0.717, 1.165) is 43.6 Å². The molecule has 1 spiro atoms. The maximum absolute atomic E-state index is 13.7. The number of nitrogens with one attached hydrogen (secondary N) is 1. The summed E-state index contributed by atoms with van der Waals surface area (Å²) < 4.78 is 0. The molecule has 1 aromatic carbocycles. The third-order valence-corrected chi connectivity index (χ3v) is 9.15.